The minimum Gasteiger partial charge on any atom is -0.481 e. The van der Waals surface area contributed by atoms with E-state index in [1.165, 1.54) is 4.31 Å². The van der Waals surface area contributed by atoms with Gasteiger partial charge in [0, 0.05) is 13.1 Å². The molecular formula is C14H18N2O5S. The molecule has 8 heteroatoms. The van der Waals surface area contributed by atoms with Crippen LogP contribution in [0.2, 0.25) is 0 Å². The molecule has 2 fully saturated rings. The molecule has 1 aromatic carbocycles. The zero-order valence-electron chi connectivity index (χ0n) is 12.0. The third-order valence-electron chi connectivity index (χ3n) is 4.13. The number of benzene rings is 1. The van der Waals surface area contributed by atoms with E-state index < -0.39 is 21.6 Å². The lowest BCUT2D eigenvalue weighted by Crippen LogP contribution is -2.43. The highest BCUT2D eigenvalue weighted by atomic mass is 32.2. The summed E-state index contributed by atoms with van der Waals surface area (Å²) in [6.07, 6.45) is 1.17. The minimum atomic E-state index is -3.64. The molecular weight excluding hydrogens is 308 g/mol. The predicted molar refractivity (Wildman–Crippen MR) is 79.9 cm³/mol. The Hall–Kier alpha value is -1.64. The van der Waals surface area contributed by atoms with Crippen molar-refractivity contribution in [2.24, 2.45) is 0 Å². The highest BCUT2D eigenvalue weighted by Crippen LogP contribution is 2.48. The summed E-state index contributed by atoms with van der Waals surface area (Å²) in [7, 11) is -3.64. The molecule has 1 saturated carbocycles. The zero-order chi connectivity index (χ0) is 15.8. The van der Waals surface area contributed by atoms with Gasteiger partial charge in [0.25, 0.3) is 0 Å². The Balaban J connectivity index is 1.80. The first-order chi connectivity index (χ1) is 10.4. The number of ether oxygens (including phenoxy) is 1. The van der Waals surface area contributed by atoms with Crippen molar-refractivity contribution in [2.75, 3.05) is 31.0 Å². The Bertz CT molecular complexity index is 678. The van der Waals surface area contributed by atoms with Crippen LogP contribution in [0.15, 0.2) is 24.3 Å². The standard InChI is InChI=1S/C14H18N2O5S/c17-13(18)14(4-5-14)11-2-1-3-12(10-11)15-22(19,20)16-6-8-21-9-7-16/h1-3,10,15H,4-9H2,(H,17,18). The van der Waals surface area contributed by atoms with E-state index in [0.717, 1.165) is 0 Å². The van der Waals surface area contributed by atoms with Crippen LogP contribution in [0.1, 0.15) is 18.4 Å². The van der Waals surface area contributed by atoms with E-state index in [2.05, 4.69) is 4.72 Å². The van der Waals surface area contributed by atoms with Crippen LogP contribution < -0.4 is 4.72 Å². The smallest absolute Gasteiger partial charge is 0.314 e. The molecule has 2 aliphatic rings. The van der Waals surface area contributed by atoms with E-state index >= 15 is 0 Å². The Morgan fingerprint density at radius 3 is 2.55 bits per heavy atom. The summed E-state index contributed by atoms with van der Waals surface area (Å²) in [5.41, 5.74) is 0.180. The highest BCUT2D eigenvalue weighted by molar-refractivity contribution is 7.90. The number of morpholine rings is 1. The molecule has 0 atom stereocenters. The molecule has 0 unspecified atom stereocenters. The van der Waals surface area contributed by atoms with Crippen molar-refractivity contribution in [1.29, 1.82) is 0 Å². The van der Waals surface area contributed by atoms with Crippen molar-refractivity contribution >= 4 is 21.9 Å². The van der Waals surface area contributed by atoms with Crippen LogP contribution in [-0.2, 0) is 25.2 Å². The molecule has 3 rings (SSSR count). The fourth-order valence-corrected chi connectivity index (χ4v) is 3.82. The van der Waals surface area contributed by atoms with Crippen LogP contribution in [-0.4, -0.2) is 50.1 Å². The van der Waals surface area contributed by atoms with E-state index in [1.54, 1.807) is 24.3 Å². The summed E-state index contributed by atoms with van der Waals surface area (Å²) in [6.45, 7) is 1.38. The average Bonchev–Trinajstić information content (AvgIpc) is 3.30. The third kappa shape index (κ3) is 2.81. The first-order valence-corrected chi connectivity index (χ1v) is 8.58. The van der Waals surface area contributed by atoms with Crippen LogP contribution in [0.3, 0.4) is 0 Å². The Labute approximate surface area is 129 Å². The molecule has 1 aliphatic carbocycles. The van der Waals surface area contributed by atoms with Gasteiger partial charge in [-0.25, -0.2) is 0 Å². The molecule has 1 heterocycles. The quantitative estimate of drug-likeness (QED) is 0.834. The average molecular weight is 326 g/mol. The second kappa shape index (κ2) is 5.53. The van der Waals surface area contributed by atoms with Gasteiger partial charge >= 0.3 is 16.2 Å². The zero-order valence-corrected chi connectivity index (χ0v) is 12.8. The second-order valence-electron chi connectivity index (χ2n) is 5.59. The number of nitrogens with zero attached hydrogens (tertiary/aromatic N) is 1. The monoisotopic (exact) mass is 326 g/mol. The Kier molecular flexibility index (Phi) is 3.84. The van der Waals surface area contributed by atoms with Gasteiger partial charge in [0.2, 0.25) is 0 Å². The lowest BCUT2D eigenvalue weighted by Gasteiger charge is -2.26. The lowest BCUT2D eigenvalue weighted by molar-refractivity contribution is -0.140. The predicted octanol–water partition coefficient (Wildman–Crippen LogP) is 0.792. The summed E-state index contributed by atoms with van der Waals surface area (Å²) in [6, 6.07) is 6.64. The van der Waals surface area contributed by atoms with Gasteiger partial charge in [0.05, 0.1) is 24.3 Å². The van der Waals surface area contributed by atoms with Crippen LogP contribution in [0, 0.1) is 0 Å². The Morgan fingerprint density at radius 2 is 1.95 bits per heavy atom. The van der Waals surface area contributed by atoms with Gasteiger partial charge < -0.3 is 9.84 Å². The number of anilines is 1. The van der Waals surface area contributed by atoms with Crippen LogP contribution in [0.4, 0.5) is 5.69 Å². The topological polar surface area (TPSA) is 95.9 Å². The summed E-state index contributed by atoms with van der Waals surface area (Å²) in [4.78, 5) is 11.4. The van der Waals surface area contributed by atoms with Gasteiger partial charge in [-0.15, -0.1) is 0 Å². The number of carbonyl (C=O) groups is 1. The van der Waals surface area contributed by atoms with Crippen molar-refractivity contribution in [3.05, 3.63) is 29.8 Å². The third-order valence-corrected chi connectivity index (χ3v) is 5.67. The van der Waals surface area contributed by atoms with Crippen molar-refractivity contribution in [2.45, 2.75) is 18.3 Å². The van der Waals surface area contributed by atoms with Crippen LogP contribution in [0.5, 0.6) is 0 Å². The van der Waals surface area contributed by atoms with E-state index in [9.17, 15) is 18.3 Å². The molecule has 1 aliphatic heterocycles. The summed E-state index contributed by atoms with van der Waals surface area (Å²) < 4.78 is 33.6. The van der Waals surface area contributed by atoms with Gasteiger partial charge in [-0.2, -0.15) is 12.7 Å². The molecule has 0 amide bonds. The maximum absolute atomic E-state index is 12.3. The maximum Gasteiger partial charge on any atom is 0.314 e. The lowest BCUT2D eigenvalue weighted by atomic mass is 9.96. The number of hydrogen-bond acceptors (Lipinski definition) is 4. The second-order valence-corrected chi connectivity index (χ2v) is 7.26. The maximum atomic E-state index is 12.3. The fourth-order valence-electron chi connectivity index (χ4n) is 2.63. The molecule has 2 N–H and O–H groups in total. The summed E-state index contributed by atoms with van der Waals surface area (Å²) in [5, 5.41) is 9.32. The normalized spacial score (nSPS) is 21.3. The largest absolute Gasteiger partial charge is 0.481 e. The van der Waals surface area contributed by atoms with Crippen LogP contribution in [0.25, 0.3) is 0 Å². The molecule has 0 radical (unpaired) electrons. The first-order valence-electron chi connectivity index (χ1n) is 7.14. The van der Waals surface area contributed by atoms with Crippen LogP contribution >= 0.6 is 0 Å². The van der Waals surface area contributed by atoms with E-state index in [4.69, 9.17) is 4.74 Å². The number of carboxylic acids is 1. The van der Waals surface area contributed by atoms with E-state index in [1.807, 2.05) is 0 Å². The number of carboxylic acid groups (broad SMARTS) is 1. The molecule has 0 bridgehead atoms. The molecule has 1 saturated heterocycles. The van der Waals surface area contributed by atoms with Gasteiger partial charge in [-0.3, -0.25) is 9.52 Å². The number of aliphatic carboxylic acids is 1. The van der Waals surface area contributed by atoms with Crippen molar-refractivity contribution in [1.82, 2.24) is 4.31 Å². The first kappa shape index (κ1) is 15.3. The van der Waals surface area contributed by atoms with Crippen molar-refractivity contribution < 1.29 is 23.1 Å². The SMILES string of the molecule is O=C(O)C1(c2cccc(NS(=O)(=O)N3CCOCC3)c2)CC1. The van der Waals surface area contributed by atoms with Gasteiger partial charge in [0.1, 0.15) is 0 Å². The number of rotatable bonds is 5. The van der Waals surface area contributed by atoms with Gasteiger partial charge in [-0.05, 0) is 30.5 Å². The van der Waals surface area contributed by atoms with Crippen molar-refractivity contribution in [3.63, 3.8) is 0 Å². The number of nitrogens with one attached hydrogen (secondary N) is 1. The highest BCUT2D eigenvalue weighted by Gasteiger charge is 2.51. The molecule has 0 aromatic heterocycles. The van der Waals surface area contributed by atoms with Crippen molar-refractivity contribution in [3.8, 4) is 0 Å². The molecule has 22 heavy (non-hydrogen) atoms. The molecule has 7 nitrogen and oxygen atoms in total. The molecule has 120 valence electrons. The fraction of sp³-hybridized carbons (Fsp3) is 0.500. The minimum absolute atomic E-state index is 0.314. The summed E-state index contributed by atoms with van der Waals surface area (Å²) >= 11 is 0. The number of hydrogen-bond donors (Lipinski definition) is 2. The Morgan fingerprint density at radius 1 is 1.27 bits per heavy atom. The molecule has 0 spiro atoms. The van der Waals surface area contributed by atoms with Gasteiger partial charge in [0.15, 0.2) is 0 Å². The van der Waals surface area contributed by atoms with E-state index in [-0.39, 0.29) is 0 Å². The van der Waals surface area contributed by atoms with E-state index in [0.29, 0.717) is 50.4 Å². The summed E-state index contributed by atoms with van der Waals surface area (Å²) in [5.74, 6) is -0.860. The van der Waals surface area contributed by atoms with Gasteiger partial charge in [-0.1, -0.05) is 12.1 Å². The molecule has 1 aromatic rings.